The minimum atomic E-state index is -0.511. The molecule has 0 unspecified atom stereocenters. The number of aryl methyl sites for hydroxylation is 2. The summed E-state index contributed by atoms with van der Waals surface area (Å²) in [5.41, 5.74) is 1.25. The summed E-state index contributed by atoms with van der Waals surface area (Å²) in [5, 5.41) is 23.2. The number of nitrogens with one attached hydrogen (secondary N) is 1. The van der Waals surface area contributed by atoms with Crippen LogP contribution in [-0.2, 0) is 19.1 Å². The van der Waals surface area contributed by atoms with Crippen LogP contribution in [0.2, 0.25) is 0 Å². The molecule has 9 nitrogen and oxygen atoms in total. The van der Waals surface area contributed by atoms with Gasteiger partial charge in [-0.1, -0.05) is 0 Å². The van der Waals surface area contributed by atoms with Gasteiger partial charge in [0.05, 0.1) is 16.2 Å². The minimum Gasteiger partial charge on any atom is -0.346 e. The van der Waals surface area contributed by atoms with Gasteiger partial charge in [-0.05, 0) is 63.2 Å². The molecule has 0 saturated heterocycles. The molecule has 29 heavy (non-hydrogen) atoms. The number of carbonyl (C=O) groups is 1. The van der Waals surface area contributed by atoms with Gasteiger partial charge in [0, 0.05) is 25.4 Å². The quantitative estimate of drug-likeness (QED) is 0.615. The third-order valence-corrected chi connectivity index (χ3v) is 7.15. The van der Waals surface area contributed by atoms with Crippen LogP contribution in [0.5, 0.6) is 0 Å². The molecular formula is C20H26N6O3. The molecule has 0 spiro atoms. The van der Waals surface area contributed by atoms with E-state index in [0.29, 0.717) is 17.8 Å². The lowest BCUT2D eigenvalue weighted by molar-refractivity contribution is -0.385. The molecule has 2 heterocycles. The number of nitrogens with zero attached hydrogens (tertiary/aromatic N) is 5. The number of rotatable bonds is 5. The predicted molar refractivity (Wildman–Crippen MR) is 104 cm³/mol. The van der Waals surface area contributed by atoms with Crippen LogP contribution in [0.3, 0.4) is 0 Å². The average molecular weight is 398 g/mol. The number of aromatic nitrogens is 4. The van der Waals surface area contributed by atoms with Crippen molar-refractivity contribution in [1.82, 2.24) is 24.9 Å². The van der Waals surface area contributed by atoms with E-state index < -0.39 is 10.8 Å². The SMILES string of the molecule is Cc1nn(C)cc1CNC(=O)c1nn(C23CC4CC(CC(C4)C2)C3)cc1[N+](=O)[O-]. The highest BCUT2D eigenvalue weighted by Gasteiger charge is 2.53. The first-order chi connectivity index (χ1) is 13.8. The summed E-state index contributed by atoms with van der Waals surface area (Å²) in [6.07, 6.45) is 10.2. The molecule has 4 bridgehead atoms. The summed E-state index contributed by atoms with van der Waals surface area (Å²) in [4.78, 5) is 23.9. The Morgan fingerprint density at radius 2 is 1.83 bits per heavy atom. The zero-order valence-electron chi connectivity index (χ0n) is 16.8. The molecule has 0 radical (unpaired) electrons. The third kappa shape index (κ3) is 3.03. The summed E-state index contributed by atoms with van der Waals surface area (Å²) in [5.74, 6) is 1.56. The molecule has 4 saturated carbocycles. The van der Waals surface area contributed by atoms with E-state index >= 15 is 0 Å². The van der Waals surface area contributed by atoms with Gasteiger partial charge in [-0.3, -0.25) is 24.3 Å². The van der Waals surface area contributed by atoms with Crippen molar-refractivity contribution in [2.24, 2.45) is 24.8 Å². The summed E-state index contributed by atoms with van der Waals surface area (Å²) < 4.78 is 3.46. The van der Waals surface area contributed by atoms with Gasteiger partial charge in [-0.2, -0.15) is 10.2 Å². The van der Waals surface area contributed by atoms with Gasteiger partial charge in [0.1, 0.15) is 6.20 Å². The van der Waals surface area contributed by atoms with E-state index in [0.717, 1.165) is 30.5 Å². The van der Waals surface area contributed by atoms with E-state index in [1.807, 2.05) is 20.2 Å². The topological polar surface area (TPSA) is 108 Å². The van der Waals surface area contributed by atoms with Crippen LogP contribution in [0.15, 0.2) is 12.4 Å². The fourth-order valence-electron chi connectivity index (χ4n) is 6.33. The van der Waals surface area contributed by atoms with Crippen molar-refractivity contribution in [3.63, 3.8) is 0 Å². The van der Waals surface area contributed by atoms with E-state index in [1.54, 1.807) is 9.36 Å². The molecule has 6 rings (SSSR count). The molecule has 4 aliphatic carbocycles. The van der Waals surface area contributed by atoms with Crippen molar-refractivity contribution in [2.75, 3.05) is 0 Å². The second-order valence-corrected chi connectivity index (χ2v) is 9.30. The highest BCUT2D eigenvalue weighted by Crippen LogP contribution is 2.58. The summed E-state index contributed by atoms with van der Waals surface area (Å²) in [7, 11) is 1.82. The van der Waals surface area contributed by atoms with Gasteiger partial charge in [0.15, 0.2) is 0 Å². The average Bonchev–Trinajstić information content (AvgIpc) is 3.22. The van der Waals surface area contributed by atoms with Gasteiger partial charge in [0.2, 0.25) is 5.69 Å². The Labute approximate surface area is 168 Å². The third-order valence-electron chi connectivity index (χ3n) is 7.15. The first-order valence-electron chi connectivity index (χ1n) is 10.3. The molecule has 1 N–H and O–H groups in total. The Kier molecular flexibility index (Phi) is 4.04. The Morgan fingerprint density at radius 1 is 1.21 bits per heavy atom. The molecular weight excluding hydrogens is 372 g/mol. The van der Waals surface area contributed by atoms with Gasteiger partial charge in [-0.15, -0.1) is 0 Å². The van der Waals surface area contributed by atoms with Crippen LogP contribution in [0.25, 0.3) is 0 Å². The zero-order chi connectivity index (χ0) is 20.3. The van der Waals surface area contributed by atoms with Gasteiger partial charge >= 0.3 is 5.69 Å². The number of hydrogen-bond acceptors (Lipinski definition) is 5. The van der Waals surface area contributed by atoms with Crippen LogP contribution >= 0.6 is 0 Å². The molecule has 4 aliphatic rings. The molecule has 1 amide bonds. The van der Waals surface area contributed by atoms with Crippen LogP contribution < -0.4 is 5.32 Å². The number of nitro groups is 1. The standard InChI is InChI=1S/C20H26N6O3/c1-12-16(10-24(2)22-12)9-21-19(27)18-17(26(28)29)11-25(23-18)20-6-13-3-14(7-20)5-15(4-13)8-20/h10-11,13-15H,3-9H2,1-2H3,(H,21,27). The van der Waals surface area contributed by atoms with Crippen molar-refractivity contribution in [1.29, 1.82) is 0 Å². The predicted octanol–water partition coefficient (Wildman–Crippen LogP) is 2.69. The van der Waals surface area contributed by atoms with E-state index in [9.17, 15) is 14.9 Å². The molecule has 9 heteroatoms. The fourth-order valence-corrected chi connectivity index (χ4v) is 6.33. The van der Waals surface area contributed by atoms with Gasteiger partial charge in [0.25, 0.3) is 5.91 Å². The van der Waals surface area contributed by atoms with E-state index in [-0.39, 0.29) is 23.5 Å². The first-order valence-corrected chi connectivity index (χ1v) is 10.3. The maximum atomic E-state index is 12.8. The van der Waals surface area contributed by atoms with Crippen molar-refractivity contribution in [3.8, 4) is 0 Å². The van der Waals surface area contributed by atoms with E-state index in [4.69, 9.17) is 0 Å². The van der Waals surface area contributed by atoms with Crippen LogP contribution in [-0.4, -0.2) is 30.4 Å². The Morgan fingerprint density at radius 3 is 2.34 bits per heavy atom. The van der Waals surface area contributed by atoms with Gasteiger partial charge < -0.3 is 5.32 Å². The van der Waals surface area contributed by atoms with Crippen LogP contribution in [0, 0.1) is 34.8 Å². The highest BCUT2D eigenvalue weighted by atomic mass is 16.6. The van der Waals surface area contributed by atoms with Crippen molar-refractivity contribution in [3.05, 3.63) is 39.5 Å². The first kappa shape index (κ1) is 18.3. The van der Waals surface area contributed by atoms with Crippen molar-refractivity contribution < 1.29 is 9.72 Å². The van der Waals surface area contributed by atoms with Crippen molar-refractivity contribution >= 4 is 11.6 Å². The molecule has 2 aromatic heterocycles. The molecule has 154 valence electrons. The normalized spacial score (nSPS) is 29.9. The van der Waals surface area contributed by atoms with Crippen LogP contribution in [0.1, 0.15) is 60.3 Å². The highest BCUT2D eigenvalue weighted by molar-refractivity contribution is 5.96. The molecule has 2 aromatic rings. The summed E-state index contributed by atoms with van der Waals surface area (Å²) >= 11 is 0. The molecule has 4 fully saturated rings. The lowest BCUT2D eigenvalue weighted by atomic mass is 9.53. The lowest BCUT2D eigenvalue weighted by Gasteiger charge is -2.56. The fraction of sp³-hybridized carbons (Fsp3) is 0.650. The zero-order valence-corrected chi connectivity index (χ0v) is 16.8. The van der Waals surface area contributed by atoms with E-state index in [1.165, 1.54) is 25.5 Å². The second-order valence-electron chi connectivity index (χ2n) is 9.30. The smallest absolute Gasteiger partial charge is 0.320 e. The Hall–Kier alpha value is -2.71. The largest absolute Gasteiger partial charge is 0.346 e. The molecule has 0 aliphatic heterocycles. The maximum Gasteiger partial charge on any atom is 0.320 e. The second kappa shape index (κ2) is 6.40. The van der Waals surface area contributed by atoms with Crippen LogP contribution in [0.4, 0.5) is 5.69 Å². The number of amides is 1. The Balaban J connectivity index is 1.42. The molecule has 0 aromatic carbocycles. The summed E-state index contributed by atoms with van der Waals surface area (Å²) in [6, 6.07) is 0. The number of hydrogen-bond donors (Lipinski definition) is 1. The molecule has 0 atom stereocenters. The Bertz CT molecular complexity index is 955. The monoisotopic (exact) mass is 398 g/mol. The number of carbonyl (C=O) groups excluding carboxylic acids is 1. The van der Waals surface area contributed by atoms with E-state index in [2.05, 4.69) is 15.5 Å². The lowest BCUT2D eigenvalue weighted by Crippen LogP contribution is -2.52. The van der Waals surface area contributed by atoms with Crippen molar-refractivity contribution in [2.45, 2.75) is 57.5 Å². The van der Waals surface area contributed by atoms with Gasteiger partial charge in [-0.25, -0.2) is 0 Å². The summed E-state index contributed by atoms with van der Waals surface area (Å²) in [6.45, 7) is 2.13. The minimum absolute atomic E-state index is 0.0905. The maximum absolute atomic E-state index is 12.8.